The lowest BCUT2D eigenvalue weighted by Gasteiger charge is -2.21. The van der Waals surface area contributed by atoms with E-state index in [0.29, 0.717) is 0 Å². The minimum Gasteiger partial charge on any atom is -0.310 e. The fourth-order valence-corrected chi connectivity index (χ4v) is 14.9. The van der Waals surface area contributed by atoms with Crippen molar-refractivity contribution < 1.29 is 0 Å². The molecule has 0 saturated heterocycles. The third-order valence-corrected chi connectivity index (χ3v) is 18.9. The van der Waals surface area contributed by atoms with Crippen molar-refractivity contribution in [1.29, 1.82) is 0 Å². The van der Waals surface area contributed by atoms with Crippen molar-refractivity contribution in [1.82, 2.24) is 29.1 Å². The highest BCUT2D eigenvalue weighted by molar-refractivity contribution is 8.00. The molecule has 2 aliphatic rings. The van der Waals surface area contributed by atoms with E-state index < -0.39 is 0 Å². The van der Waals surface area contributed by atoms with Crippen LogP contribution in [0.1, 0.15) is 11.5 Å². The smallest absolute Gasteiger partial charge is 0.0708 e. The van der Waals surface area contributed by atoms with Gasteiger partial charge in [0.2, 0.25) is 0 Å². The first-order chi connectivity index (χ1) is 43.1. The average molecular weight is 1130 g/mol. The zero-order chi connectivity index (χ0) is 57.4. The lowest BCUT2D eigenvalue weighted by molar-refractivity contribution is 0.873. The Bertz CT molecular complexity index is 4980. The fraction of sp³-hybridized carbons (Fsp3) is 0.0250. The maximum Gasteiger partial charge on any atom is 0.0708 e. The van der Waals surface area contributed by atoms with Gasteiger partial charge in [0.05, 0.1) is 44.8 Å². The van der Waals surface area contributed by atoms with Gasteiger partial charge in [0, 0.05) is 96.0 Å². The quantitative estimate of drug-likeness (QED) is 0.137. The van der Waals surface area contributed by atoms with Crippen LogP contribution in [0.2, 0.25) is 0 Å². The largest absolute Gasteiger partial charge is 0.310 e. The van der Waals surface area contributed by atoms with E-state index in [1.807, 2.05) is 60.8 Å². The molecule has 1 aliphatic carbocycles. The van der Waals surface area contributed by atoms with Gasteiger partial charge >= 0.3 is 0 Å². The van der Waals surface area contributed by atoms with Crippen molar-refractivity contribution in [2.24, 2.45) is 0 Å². The summed E-state index contributed by atoms with van der Waals surface area (Å²) in [6.07, 6.45) is 14.8. The average Bonchev–Trinajstić information content (AvgIpc) is 1.71. The van der Waals surface area contributed by atoms with Gasteiger partial charge < -0.3 is 9.13 Å². The zero-order valence-corrected chi connectivity index (χ0v) is 47.9. The molecular weight excluding hydrogens is 1080 g/mol. The maximum absolute atomic E-state index is 4.80. The first kappa shape index (κ1) is 50.5. The summed E-state index contributed by atoms with van der Waals surface area (Å²) in [5, 5.41) is 4.99. The van der Waals surface area contributed by atoms with E-state index in [2.05, 4.69) is 264 Å². The Kier molecular flexibility index (Phi) is 12.2. The van der Waals surface area contributed by atoms with Gasteiger partial charge in [-0.3, -0.25) is 19.9 Å². The number of aromatic nitrogens is 6. The summed E-state index contributed by atoms with van der Waals surface area (Å²) >= 11 is 1.97. The van der Waals surface area contributed by atoms with Crippen molar-refractivity contribution in [3.05, 3.63) is 309 Å². The Hall–Kier alpha value is -11.0. The second-order valence-electron chi connectivity index (χ2n) is 22.4. The van der Waals surface area contributed by atoms with E-state index >= 15 is 0 Å². The minimum absolute atomic E-state index is 0.129. The van der Waals surface area contributed by atoms with Crippen LogP contribution < -0.4 is 0 Å². The summed E-state index contributed by atoms with van der Waals surface area (Å²) in [7, 11) is 0. The molecule has 1 aliphatic heterocycles. The summed E-state index contributed by atoms with van der Waals surface area (Å²) in [4.78, 5) is 20.5. The van der Waals surface area contributed by atoms with Crippen LogP contribution in [0.3, 0.4) is 0 Å². The van der Waals surface area contributed by atoms with Gasteiger partial charge in [0.1, 0.15) is 0 Å². The zero-order valence-electron chi connectivity index (χ0n) is 47.1. The first-order valence-electron chi connectivity index (χ1n) is 29.6. The molecule has 2 unspecified atom stereocenters. The van der Waals surface area contributed by atoms with E-state index in [4.69, 9.17) is 19.9 Å². The van der Waals surface area contributed by atoms with Crippen molar-refractivity contribution in [2.45, 2.75) is 16.1 Å². The SMILES string of the molecule is C1=CC2Sc3ccc(-n4c5ccc(-c6ccccc6-c6ccccn6)cc5c5cc(-c6ccccc6-c6ccccn6)ccc54)cc3C2C=C1n1c2ccc(-c3ccccc3-c3ccccn3)cc2c2cc(-c3ccccc3-c3ccccn3)ccc21. The van der Waals surface area contributed by atoms with E-state index in [0.717, 1.165) is 123 Å². The molecule has 2 atom stereocenters. The topological polar surface area (TPSA) is 61.4 Å². The molecule has 0 N–H and O–H groups in total. The third-order valence-electron chi connectivity index (χ3n) is 17.5. The van der Waals surface area contributed by atoms with Gasteiger partial charge in [0.15, 0.2) is 0 Å². The fourth-order valence-electron chi connectivity index (χ4n) is 13.6. The molecule has 9 aromatic carbocycles. The highest BCUT2D eigenvalue weighted by atomic mass is 32.2. The lowest BCUT2D eigenvalue weighted by atomic mass is 9.91. The van der Waals surface area contributed by atoms with Gasteiger partial charge in [-0.15, -0.1) is 11.8 Å². The van der Waals surface area contributed by atoms with Crippen LogP contribution in [-0.2, 0) is 0 Å². The van der Waals surface area contributed by atoms with E-state index in [-0.39, 0.29) is 11.2 Å². The van der Waals surface area contributed by atoms with Crippen LogP contribution in [0.15, 0.2) is 309 Å². The molecule has 6 nitrogen and oxygen atoms in total. The molecular formula is C80H52N6S. The van der Waals surface area contributed by atoms with Crippen molar-refractivity contribution in [3.8, 4) is 95.2 Å². The van der Waals surface area contributed by atoms with Crippen LogP contribution in [0.25, 0.3) is 145 Å². The van der Waals surface area contributed by atoms with Gasteiger partial charge in [-0.2, -0.15) is 0 Å². The molecule has 15 aromatic rings. The maximum atomic E-state index is 4.80. The number of rotatable bonds is 10. The van der Waals surface area contributed by atoms with Crippen molar-refractivity contribution in [3.63, 3.8) is 0 Å². The molecule has 6 aromatic heterocycles. The number of hydrogen-bond donors (Lipinski definition) is 0. The minimum atomic E-state index is 0.129. The van der Waals surface area contributed by atoms with Crippen LogP contribution in [0.4, 0.5) is 0 Å². The molecule has 0 saturated carbocycles. The number of allylic oxidation sites excluding steroid dienone is 3. The normalized spacial score (nSPS) is 14.4. The predicted molar refractivity (Wildman–Crippen MR) is 361 cm³/mol. The number of pyridine rings is 4. The van der Waals surface area contributed by atoms with Crippen molar-refractivity contribution >= 4 is 61.1 Å². The molecule has 0 fully saturated rings. The lowest BCUT2D eigenvalue weighted by Crippen LogP contribution is -2.11. The third kappa shape index (κ3) is 8.65. The van der Waals surface area contributed by atoms with Crippen molar-refractivity contribution in [2.75, 3.05) is 0 Å². The standard InChI is InChI=1S/C80H52N6S/c1-5-21-61(71-25-9-13-41-81-71)57(17-1)51-29-35-75-65(45-51)66-46-52(58-18-2-6-22-62(58)72-26-10-14-42-82-72)30-36-76(66)85(75)55-33-39-79-69(49-55)70-50-56(34-40-80(70)87-79)86-77-37-31-53(59-19-3-7-23-63(59)73-27-11-15-43-83-73)47-67(77)68-48-54(32-38-78(68)86)60-20-4-8-24-64(60)74-28-12-16-44-84-74/h1-50,69,79H. The van der Waals surface area contributed by atoms with Crippen LogP contribution in [0.5, 0.6) is 0 Å². The molecule has 7 heteroatoms. The molecule has 7 heterocycles. The number of fused-ring (bicyclic) bond motifs is 9. The Labute approximate surface area is 507 Å². The highest BCUT2D eigenvalue weighted by Crippen LogP contribution is 2.52. The second-order valence-corrected chi connectivity index (χ2v) is 23.6. The molecule has 0 amide bonds. The number of benzene rings is 9. The summed E-state index contributed by atoms with van der Waals surface area (Å²) in [6, 6.07) is 94.2. The molecule has 0 bridgehead atoms. The molecule has 408 valence electrons. The predicted octanol–water partition coefficient (Wildman–Crippen LogP) is 20.5. The number of nitrogens with zero attached hydrogens (tertiary/aromatic N) is 6. The van der Waals surface area contributed by atoms with Crippen LogP contribution in [-0.4, -0.2) is 34.3 Å². The number of thioether (sulfide) groups is 1. The Balaban J connectivity index is 0.818. The summed E-state index contributed by atoms with van der Waals surface area (Å²) in [5.74, 6) is 0.129. The second kappa shape index (κ2) is 21.0. The Morgan fingerprint density at radius 2 is 0.655 bits per heavy atom. The van der Waals surface area contributed by atoms with Gasteiger partial charge in [-0.25, -0.2) is 0 Å². The summed E-state index contributed by atoms with van der Waals surface area (Å²) < 4.78 is 4.97. The van der Waals surface area contributed by atoms with Gasteiger partial charge in [-0.1, -0.05) is 158 Å². The van der Waals surface area contributed by atoms with Gasteiger partial charge in [0.25, 0.3) is 0 Å². The molecule has 0 spiro atoms. The highest BCUT2D eigenvalue weighted by Gasteiger charge is 2.34. The summed E-state index contributed by atoms with van der Waals surface area (Å²) in [5.41, 5.74) is 25.6. The van der Waals surface area contributed by atoms with Crippen LogP contribution >= 0.6 is 11.8 Å². The monoisotopic (exact) mass is 1130 g/mol. The molecule has 17 rings (SSSR count). The van der Waals surface area contributed by atoms with E-state index in [9.17, 15) is 0 Å². The van der Waals surface area contributed by atoms with Gasteiger partial charge in [-0.05, 0) is 171 Å². The summed E-state index contributed by atoms with van der Waals surface area (Å²) in [6.45, 7) is 0. The van der Waals surface area contributed by atoms with E-state index in [1.165, 1.54) is 32.0 Å². The number of hydrogen-bond acceptors (Lipinski definition) is 5. The van der Waals surface area contributed by atoms with E-state index in [1.54, 1.807) is 0 Å². The Morgan fingerprint density at radius 1 is 0.310 bits per heavy atom. The molecule has 0 radical (unpaired) electrons. The first-order valence-corrected chi connectivity index (χ1v) is 30.4. The van der Waals surface area contributed by atoms with Crippen LogP contribution in [0, 0.1) is 0 Å². The molecule has 87 heavy (non-hydrogen) atoms. The Morgan fingerprint density at radius 3 is 1.01 bits per heavy atom.